The molecule has 0 N–H and O–H groups in total. The molecule has 1 saturated carbocycles. The van der Waals surface area contributed by atoms with E-state index in [1.165, 1.54) is 0 Å². The molecule has 0 heterocycles. The molecule has 0 aromatic heterocycles. The third-order valence-electron chi connectivity index (χ3n) is 2.80. The van der Waals surface area contributed by atoms with Gasteiger partial charge < -0.3 is 4.74 Å². The molecule has 1 aliphatic carbocycles. The van der Waals surface area contributed by atoms with Crippen LogP contribution in [0, 0.1) is 0 Å². The second-order valence-electron chi connectivity index (χ2n) is 5.65. The fourth-order valence-corrected chi connectivity index (χ4v) is 3.75. The standard InChI is InChI=1S/C12H22O4S/c1-12(2,3)16-11(13)9-17(14,15)10-7-5-4-6-8-10/h10H,4-9H2,1-3H3. The molecule has 0 atom stereocenters. The van der Waals surface area contributed by atoms with Crippen molar-refractivity contribution in [2.45, 2.75) is 63.7 Å². The van der Waals surface area contributed by atoms with Gasteiger partial charge in [-0.2, -0.15) is 0 Å². The van der Waals surface area contributed by atoms with Gasteiger partial charge in [0.1, 0.15) is 11.4 Å². The van der Waals surface area contributed by atoms with Crippen molar-refractivity contribution in [2.24, 2.45) is 0 Å². The summed E-state index contributed by atoms with van der Waals surface area (Å²) in [6.45, 7) is 5.20. The molecule has 0 radical (unpaired) electrons. The molecule has 1 rings (SSSR count). The minimum atomic E-state index is -3.33. The molecule has 0 aromatic carbocycles. The zero-order valence-corrected chi connectivity index (χ0v) is 11.7. The van der Waals surface area contributed by atoms with Crippen molar-refractivity contribution < 1.29 is 17.9 Å². The summed E-state index contributed by atoms with van der Waals surface area (Å²) in [5.74, 6) is -1.11. The highest BCUT2D eigenvalue weighted by Crippen LogP contribution is 2.24. The first-order valence-electron chi connectivity index (χ1n) is 6.14. The van der Waals surface area contributed by atoms with Crippen molar-refractivity contribution in [2.75, 3.05) is 5.75 Å². The van der Waals surface area contributed by atoms with Gasteiger partial charge in [-0.15, -0.1) is 0 Å². The third kappa shape index (κ3) is 5.06. The Labute approximate surface area is 104 Å². The van der Waals surface area contributed by atoms with E-state index < -0.39 is 27.2 Å². The van der Waals surface area contributed by atoms with E-state index in [-0.39, 0.29) is 5.25 Å². The fraction of sp³-hybridized carbons (Fsp3) is 0.917. The van der Waals surface area contributed by atoms with E-state index in [0.29, 0.717) is 12.8 Å². The first-order chi connectivity index (χ1) is 7.71. The topological polar surface area (TPSA) is 60.4 Å². The molecule has 0 bridgehead atoms. The van der Waals surface area contributed by atoms with Crippen molar-refractivity contribution in [3.63, 3.8) is 0 Å². The van der Waals surface area contributed by atoms with Crippen LogP contribution in [0.15, 0.2) is 0 Å². The Balaban J connectivity index is 2.57. The zero-order chi connectivity index (χ0) is 13.1. The van der Waals surface area contributed by atoms with Gasteiger partial charge in [0, 0.05) is 0 Å². The van der Waals surface area contributed by atoms with Crippen LogP contribution >= 0.6 is 0 Å². The Morgan fingerprint density at radius 1 is 1.18 bits per heavy atom. The fourth-order valence-electron chi connectivity index (χ4n) is 2.08. The van der Waals surface area contributed by atoms with Crippen LogP contribution < -0.4 is 0 Å². The van der Waals surface area contributed by atoms with E-state index in [4.69, 9.17) is 4.74 Å². The van der Waals surface area contributed by atoms with E-state index in [2.05, 4.69) is 0 Å². The average Bonchev–Trinajstić information content (AvgIpc) is 2.15. The number of sulfone groups is 1. The van der Waals surface area contributed by atoms with E-state index in [1.807, 2.05) is 0 Å². The minimum Gasteiger partial charge on any atom is -0.459 e. The van der Waals surface area contributed by atoms with E-state index >= 15 is 0 Å². The molecule has 100 valence electrons. The summed E-state index contributed by atoms with van der Waals surface area (Å²) in [4.78, 5) is 11.5. The monoisotopic (exact) mass is 262 g/mol. The lowest BCUT2D eigenvalue weighted by Crippen LogP contribution is -2.33. The van der Waals surface area contributed by atoms with Gasteiger partial charge in [-0.25, -0.2) is 8.42 Å². The number of hydrogen-bond donors (Lipinski definition) is 0. The van der Waals surface area contributed by atoms with Crippen LogP contribution in [0.5, 0.6) is 0 Å². The molecule has 0 unspecified atom stereocenters. The number of carbonyl (C=O) groups excluding carboxylic acids is 1. The summed E-state index contributed by atoms with van der Waals surface area (Å²) >= 11 is 0. The van der Waals surface area contributed by atoms with Gasteiger partial charge in [-0.05, 0) is 33.6 Å². The number of rotatable bonds is 3. The predicted octanol–water partition coefficient (Wildman–Crippen LogP) is 2.08. The van der Waals surface area contributed by atoms with Crippen molar-refractivity contribution in [1.29, 1.82) is 0 Å². The van der Waals surface area contributed by atoms with Crippen LogP contribution in [0.4, 0.5) is 0 Å². The molecule has 0 aliphatic heterocycles. The molecule has 0 saturated heterocycles. The summed E-state index contributed by atoms with van der Waals surface area (Å²) < 4.78 is 29.0. The Morgan fingerprint density at radius 2 is 1.71 bits per heavy atom. The summed E-state index contributed by atoms with van der Waals surface area (Å²) in [6, 6.07) is 0. The van der Waals surface area contributed by atoms with Gasteiger partial charge >= 0.3 is 5.97 Å². The molecule has 4 nitrogen and oxygen atoms in total. The van der Waals surface area contributed by atoms with Gasteiger partial charge in [0.05, 0.1) is 5.25 Å². The van der Waals surface area contributed by atoms with Crippen molar-refractivity contribution >= 4 is 15.8 Å². The minimum absolute atomic E-state index is 0.344. The number of esters is 1. The van der Waals surface area contributed by atoms with Crippen molar-refractivity contribution in [3.05, 3.63) is 0 Å². The highest BCUT2D eigenvalue weighted by Gasteiger charge is 2.31. The Kier molecular flexibility index (Phi) is 4.58. The highest BCUT2D eigenvalue weighted by atomic mass is 32.2. The Hall–Kier alpha value is -0.580. The van der Waals surface area contributed by atoms with Crippen LogP contribution in [0.1, 0.15) is 52.9 Å². The normalized spacial score (nSPS) is 19.0. The largest absolute Gasteiger partial charge is 0.459 e. The SMILES string of the molecule is CC(C)(C)OC(=O)CS(=O)(=O)C1CCCCC1. The summed E-state index contributed by atoms with van der Waals surface area (Å²) in [7, 11) is -3.33. The quantitative estimate of drug-likeness (QED) is 0.731. The summed E-state index contributed by atoms with van der Waals surface area (Å²) in [5.41, 5.74) is -0.626. The van der Waals surface area contributed by atoms with Crippen LogP contribution in [0.2, 0.25) is 0 Å². The lowest BCUT2D eigenvalue weighted by molar-refractivity contribution is -0.151. The lowest BCUT2D eigenvalue weighted by atomic mass is 10.0. The van der Waals surface area contributed by atoms with Gasteiger partial charge in [0.25, 0.3) is 0 Å². The Bertz CT molecular complexity index is 358. The van der Waals surface area contributed by atoms with Gasteiger partial charge in [-0.1, -0.05) is 19.3 Å². The predicted molar refractivity (Wildman–Crippen MR) is 66.5 cm³/mol. The number of ether oxygens (including phenoxy) is 1. The first kappa shape index (κ1) is 14.5. The molecule has 5 heteroatoms. The van der Waals surface area contributed by atoms with Crippen LogP contribution in [-0.2, 0) is 19.4 Å². The van der Waals surface area contributed by atoms with Crippen molar-refractivity contribution in [1.82, 2.24) is 0 Å². The zero-order valence-electron chi connectivity index (χ0n) is 10.9. The molecule has 0 spiro atoms. The average molecular weight is 262 g/mol. The summed E-state index contributed by atoms with van der Waals surface area (Å²) in [5, 5.41) is -0.344. The second-order valence-corrected chi connectivity index (χ2v) is 7.93. The highest BCUT2D eigenvalue weighted by molar-refractivity contribution is 7.92. The molecule has 1 aliphatic rings. The van der Waals surface area contributed by atoms with Crippen molar-refractivity contribution in [3.8, 4) is 0 Å². The molecular weight excluding hydrogens is 240 g/mol. The number of hydrogen-bond acceptors (Lipinski definition) is 4. The molecule has 17 heavy (non-hydrogen) atoms. The second kappa shape index (κ2) is 5.38. The third-order valence-corrected chi connectivity index (χ3v) is 4.92. The van der Waals surface area contributed by atoms with E-state index in [0.717, 1.165) is 19.3 Å². The van der Waals surface area contributed by atoms with Gasteiger partial charge in [0.15, 0.2) is 9.84 Å². The van der Waals surface area contributed by atoms with Gasteiger partial charge in [-0.3, -0.25) is 4.79 Å². The maximum Gasteiger partial charge on any atom is 0.321 e. The Morgan fingerprint density at radius 3 is 2.18 bits per heavy atom. The molecule has 0 amide bonds. The molecular formula is C12H22O4S. The maximum atomic E-state index is 12.0. The van der Waals surface area contributed by atoms with Gasteiger partial charge in [0.2, 0.25) is 0 Å². The van der Waals surface area contributed by atoms with E-state index in [1.54, 1.807) is 20.8 Å². The number of carbonyl (C=O) groups is 1. The molecule has 0 aromatic rings. The summed E-state index contributed by atoms with van der Waals surface area (Å²) in [6.07, 6.45) is 4.35. The molecule has 1 fully saturated rings. The smallest absolute Gasteiger partial charge is 0.321 e. The van der Waals surface area contributed by atoms with E-state index in [9.17, 15) is 13.2 Å². The maximum absolute atomic E-state index is 12.0. The lowest BCUT2D eigenvalue weighted by Gasteiger charge is -2.23. The van der Waals surface area contributed by atoms with Crippen LogP contribution in [0.3, 0.4) is 0 Å². The van der Waals surface area contributed by atoms with Crippen LogP contribution in [-0.4, -0.2) is 31.0 Å². The first-order valence-corrected chi connectivity index (χ1v) is 7.86. The van der Waals surface area contributed by atoms with Crippen LogP contribution in [0.25, 0.3) is 0 Å².